The number of rotatable bonds is 1. The summed E-state index contributed by atoms with van der Waals surface area (Å²) < 4.78 is 21.5. The molecule has 0 saturated heterocycles. The average molecular weight is 236 g/mol. The third kappa shape index (κ3) is 3.70. The molecule has 76 valence electrons. The maximum absolute atomic E-state index is 11.2. The Balaban J connectivity index is 0.00000196. The van der Waals surface area contributed by atoms with Crippen molar-refractivity contribution < 1.29 is 42.8 Å². The number of carbonyl (C=O) groups is 1. The number of primary sulfonamides is 1. The van der Waals surface area contributed by atoms with E-state index in [4.69, 9.17) is 5.14 Å². The molecule has 1 aromatic carbocycles. The molecule has 0 spiro atoms. The molecule has 0 bridgehead atoms. The summed E-state index contributed by atoms with van der Waals surface area (Å²) in [6.45, 7) is 3.68. The van der Waals surface area contributed by atoms with Gasteiger partial charge in [-0.2, -0.15) is 0 Å². The van der Waals surface area contributed by atoms with Crippen molar-refractivity contribution in [2.75, 3.05) is 0 Å². The molecule has 0 saturated carbocycles. The van der Waals surface area contributed by atoms with E-state index in [0.717, 1.165) is 11.1 Å². The van der Waals surface area contributed by atoms with E-state index in [2.05, 4.69) is 0 Å². The van der Waals surface area contributed by atoms with Crippen molar-refractivity contribution in [3.63, 3.8) is 0 Å². The second kappa shape index (κ2) is 5.23. The van der Waals surface area contributed by atoms with E-state index in [-0.39, 0.29) is 35.1 Å². The minimum atomic E-state index is -4.12. The van der Waals surface area contributed by atoms with E-state index in [9.17, 15) is 13.2 Å². The van der Waals surface area contributed by atoms with Gasteiger partial charge in [0.25, 0.3) is 15.1 Å². The van der Waals surface area contributed by atoms with E-state index >= 15 is 0 Å². The molecule has 0 atom stereocenters. The molecule has 0 fully saturated rings. The van der Waals surface area contributed by atoms with E-state index in [1.165, 1.54) is 12.1 Å². The van der Waals surface area contributed by atoms with Crippen LogP contribution >= 0.6 is 0 Å². The van der Waals surface area contributed by atoms with Crippen molar-refractivity contribution in [1.29, 1.82) is 0 Å². The van der Waals surface area contributed by atoms with Gasteiger partial charge in [-0.25, -0.2) is 13.6 Å². The Bertz CT molecular complexity index is 482. The van der Waals surface area contributed by atoms with Crippen LogP contribution in [0, 0.1) is 13.8 Å². The third-order valence-electron chi connectivity index (χ3n) is 2.00. The van der Waals surface area contributed by atoms with Crippen LogP contribution in [0.5, 0.6) is 0 Å². The van der Waals surface area contributed by atoms with Crippen LogP contribution in [0.4, 0.5) is 0 Å². The summed E-state index contributed by atoms with van der Waals surface area (Å²) in [5, 5.41) is 3.68. The van der Waals surface area contributed by atoms with Gasteiger partial charge in [-0.3, -0.25) is 4.79 Å². The first-order valence-electron chi connectivity index (χ1n) is 3.97. The largest absolute Gasteiger partial charge is 1.00 e. The third-order valence-corrected chi connectivity index (χ3v) is 2.75. The minimum Gasteiger partial charge on any atom is -0.274 e. The molecule has 0 radical (unpaired) electrons. The van der Waals surface area contributed by atoms with Crippen LogP contribution in [0.25, 0.3) is 0 Å². The van der Waals surface area contributed by atoms with Gasteiger partial charge in [0.15, 0.2) is 0 Å². The van der Waals surface area contributed by atoms with Crippen molar-refractivity contribution in [2.45, 2.75) is 13.8 Å². The van der Waals surface area contributed by atoms with Crippen molar-refractivity contribution in [1.82, 2.24) is 0 Å². The van der Waals surface area contributed by atoms with Crippen LogP contribution < -0.4 is 34.7 Å². The molecule has 0 heterocycles. The van der Waals surface area contributed by atoms with Crippen LogP contribution in [0.15, 0.2) is 18.2 Å². The molecule has 1 rings (SSSR count). The number of hydrogen-bond acceptors (Lipinski definition) is 3. The van der Waals surface area contributed by atoms with Gasteiger partial charge in [0.1, 0.15) is 0 Å². The molecule has 0 unspecified atom stereocenters. The molecule has 0 aliphatic rings. The number of sulfonamides is 1. The van der Waals surface area contributed by atoms with Gasteiger partial charge in [-0.1, -0.05) is 6.07 Å². The van der Waals surface area contributed by atoms with E-state index in [0.29, 0.717) is 0 Å². The molecule has 4 nitrogen and oxygen atoms in total. The Morgan fingerprint density at radius 1 is 1.20 bits per heavy atom. The maximum Gasteiger partial charge on any atom is 1.00 e. The standard InChI is InChI=1S/C9H11NO3S.Na/c1-6-3-4-8(5-7(6)2)9(11)14(10,12)13;/h3-5H,1-2H3,(H2,10,12,13);/q;+1. The molecular formula is C9H11NNaO3S+. The molecular weight excluding hydrogens is 225 g/mol. The number of hydrogen-bond donors (Lipinski definition) is 1. The first-order valence-corrected chi connectivity index (χ1v) is 5.51. The Morgan fingerprint density at radius 3 is 2.13 bits per heavy atom. The van der Waals surface area contributed by atoms with Gasteiger partial charge in [-0.05, 0) is 37.1 Å². The summed E-state index contributed by atoms with van der Waals surface area (Å²) >= 11 is 0. The zero-order valence-corrected chi connectivity index (χ0v) is 11.8. The molecule has 0 aromatic heterocycles. The molecule has 0 aliphatic carbocycles. The summed E-state index contributed by atoms with van der Waals surface area (Å²) in [7, 11) is -4.12. The van der Waals surface area contributed by atoms with Gasteiger partial charge < -0.3 is 0 Å². The van der Waals surface area contributed by atoms with Crippen molar-refractivity contribution in [2.24, 2.45) is 5.14 Å². The van der Waals surface area contributed by atoms with Gasteiger partial charge >= 0.3 is 29.6 Å². The fourth-order valence-corrected chi connectivity index (χ4v) is 1.49. The Hall–Kier alpha value is -0.200. The Labute approximate surface area is 111 Å². The average Bonchev–Trinajstić information content (AvgIpc) is 2.07. The predicted octanol–water partition coefficient (Wildman–Crippen LogP) is -2.26. The van der Waals surface area contributed by atoms with Crippen LogP contribution in [0.1, 0.15) is 21.5 Å². The van der Waals surface area contributed by atoms with Crippen LogP contribution in [0.2, 0.25) is 0 Å². The molecule has 0 aliphatic heterocycles. The fraction of sp³-hybridized carbons (Fsp3) is 0.222. The molecule has 2 N–H and O–H groups in total. The van der Waals surface area contributed by atoms with Crippen molar-refractivity contribution in [3.8, 4) is 0 Å². The minimum absolute atomic E-state index is 0. The second-order valence-electron chi connectivity index (χ2n) is 3.13. The Kier molecular flexibility index (Phi) is 5.16. The number of nitrogens with two attached hydrogens (primary N) is 1. The Morgan fingerprint density at radius 2 is 1.73 bits per heavy atom. The summed E-state index contributed by atoms with van der Waals surface area (Å²) in [6.07, 6.45) is 0. The zero-order valence-electron chi connectivity index (χ0n) is 8.94. The summed E-state index contributed by atoms with van der Waals surface area (Å²) in [6, 6.07) is 4.66. The molecule has 1 aromatic rings. The van der Waals surface area contributed by atoms with Crippen molar-refractivity contribution >= 4 is 15.1 Å². The molecule has 15 heavy (non-hydrogen) atoms. The SMILES string of the molecule is Cc1ccc(C(=O)S(N)(=O)=O)cc1C.[Na+]. The normalized spacial score (nSPS) is 10.6. The van der Waals surface area contributed by atoms with Gasteiger partial charge in [0.05, 0.1) is 0 Å². The van der Waals surface area contributed by atoms with Crippen LogP contribution in [-0.4, -0.2) is 13.5 Å². The number of carbonyl (C=O) groups excluding carboxylic acids is 1. The summed E-state index contributed by atoms with van der Waals surface area (Å²) in [5.74, 6) is 0. The van der Waals surface area contributed by atoms with Crippen LogP contribution in [-0.2, 0) is 10.0 Å². The second-order valence-corrected chi connectivity index (χ2v) is 4.59. The topological polar surface area (TPSA) is 77.2 Å². The monoisotopic (exact) mass is 236 g/mol. The summed E-state index contributed by atoms with van der Waals surface area (Å²) in [5.41, 5.74) is 1.96. The molecule has 0 amide bonds. The van der Waals surface area contributed by atoms with Crippen molar-refractivity contribution in [3.05, 3.63) is 34.9 Å². The van der Waals surface area contributed by atoms with E-state index in [1.54, 1.807) is 13.0 Å². The number of benzene rings is 1. The van der Waals surface area contributed by atoms with Crippen LogP contribution in [0.3, 0.4) is 0 Å². The first-order chi connectivity index (χ1) is 6.32. The quantitative estimate of drug-likeness (QED) is 0.559. The first kappa shape index (κ1) is 14.8. The summed E-state index contributed by atoms with van der Waals surface area (Å²) in [4.78, 5) is 11.2. The van der Waals surface area contributed by atoms with Gasteiger partial charge in [-0.15, -0.1) is 0 Å². The zero-order chi connectivity index (χ0) is 10.9. The van der Waals surface area contributed by atoms with Gasteiger partial charge in [0, 0.05) is 5.56 Å². The fourth-order valence-electron chi connectivity index (χ4n) is 1.03. The van der Waals surface area contributed by atoms with E-state index < -0.39 is 15.1 Å². The number of aryl methyl sites for hydroxylation is 2. The van der Waals surface area contributed by atoms with E-state index in [1.807, 2.05) is 6.92 Å². The van der Waals surface area contributed by atoms with Gasteiger partial charge in [0.2, 0.25) is 0 Å². The predicted molar refractivity (Wildman–Crippen MR) is 53.4 cm³/mol. The smallest absolute Gasteiger partial charge is 0.274 e. The maximum atomic E-state index is 11.2. The molecule has 6 heteroatoms.